The zero-order chi connectivity index (χ0) is 8.39. The Balaban J connectivity index is 2.48. The molecule has 12 heavy (non-hydrogen) atoms. The van der Waals surface area contributed by atoms with Crippen LogP contribution in [0.5, 0.6) is 5.75 Å². The van der Waals surface area contributed by atoms with E-state index in [1.807, 2.05) is 36.4 Å². The summed E-state index contributed by atoms with van der Waals surface area (Å²) in [6, 6.07) is 7.79. The van der Waals surface area contributed by atoms with Gasteiger partial charge in [0, 0.05) is 5.56 Å². The van der Waals surface area contributed by atoms with Gasteiger partial charge in [-0.2, -0.15) is 0 Å². The highest BCUT2D eigenvalue weighted by Crippen LogP contribution is 2.22. The molecule has 1 aliphatic heterocycles. The number of para-hydroxylation sites is 1. The van der Waals surface area contributed by atoms with E-state index in [0.717, 1.165) is 11.3 Å². The highest BCUT2D eigenvalue weighted by atomic mass is 16.5. The summed E-state index contributed by atoms with van der Waals surface area (Å²) in [6.45, 7) is 0. The number of nitrogens with two attached hydrogens (primary N) is 1. The minimum Gasteiger partial charge on any atom is -0.462 e. The van der Waals surface area contributed by atoms with Crippen LogP contribution in [0.2, 0.25) is 0 Å². The molecule has 0 aromatic heterocycles. The van der Waals surface area contributed by atoms with Gasteiger partial charge in [0.2, 0.25) is 0 Å². The maximum atomic E-state index is 5.56. The maximum absolute atomic E-state index is 5.56. The van der Waals surface area contributed by atoms with Crippen LogP contribution in [0.1, 0.15) is 5.56 Å². The molecule has 0 spiro atoms. The monoisotopic (exact) mass is 159 g/mol. The Morgan fingerprint density at radius 1 is 1.08 bits per heavy atom. The fraction of sp³-hybridized carbons (Fsp3) is 0. The van der Waals surface area contributed by atoms with Gasteiger partial charge in [-0.3, -0.25) is 0 Å². The van der Waals surface area contributed by atoms with E-state index in [4.69, 9.17) is 10.5 Å². The molecule has 2 nitrogen and oxygen atoms in total. The standard InChI is InChI=1S/C10H9NO/c11-9-6-5-8-3-1-2-4-10(8)12-7-9/h1-7H,11H2. The van der Waals surface area contributed by atoms with Crippen molar-refractivity contribution in [3.63, 3.8) is 0 Å². The second-order valence-corrected chi connectivity index (χ2v) is 2.61. The molecule has 0 saturated carbocycles. The van der Waals surface area contributed by atoms with E-state index in [1.54, 1.807) is 6.26 Å². The van der Waals surface area contributed by atoms with Gasteiger partial charge in [0.25, 0.3) is 0 Å². The molecule has 0 bridgehead atoms. The molecular weight excluding hydrogens is 150 g/mol. The minimum absolute atomic E-state index is 0.631. The van der Waals surface area contributed by atoms with Gasteiger partial charge in [-0.25, -0.2) is 0 Å². The summed E-state index contributed by atoms with van der Waals surface area (Å²) < 4.78 is 5.31. The van der Waals surface area contributed by atoms with Gasteiger partial charge in [0.15, 0.2) is 0 Å². The lowest BCUT2D eigenvalue weighted by atomic mass is 10.2. The van der Waals surface area contributed by atoms with Crippen LogP contribution in [0, 0.1) is 0 Å². The highest BCUT2D eigenvalue weighted by molar-refractivity contribution is 5.60. The summed E-state index contributed by atoms with van der Waals surface area (Å²) in [6.07, 6.45) is 5.31. The van der Waals surface area contributed by atoms with Crippen LogP contribution in [-0.4, -0.2) is 0 Å². The molecule has 60 valence electrons. The van der Waals surface area contributed by atoms with Crippen molar-refractivity contribution in [2.75, 3.05) is 0 Å². The largest absolute Gasteiger partial charge is 0.462 e. The van der Waals surface area contributed by atoms with Crippen molar-refractivity contribution in [2.45, 2.75) is 0 Å². The maximum Gasteiger partial charge on any atom is 0.133 e. The third kappa shape index (κ3) is 1.19. The van der Waals surface area contributed by atoms with Crippen molar-refractivity contribution in [1.82, 2.24) is 0 Å². The Morgan fingerprint density at radius 2 is 1.92 bits per heavy atom. The number of ether oxygens (including phenoxy) is 1. The Labute approximate surface area is 71.0 Å². The predicted octanol–water partition coefficient (Wildman–Crippen LogP) is 1.89. The average molecular weight is 159 g/mol. The second-order valence-electron chi connectivity index (χ2n) is 2.61. The quantitative estimate of drug-likeness (QED) is 0.627. The first-order valence-electron chi connectivity index (χ1n) is 3.76. The molecule has 0 fully saturated rings. The molecule has 1 aromatic carbocycles. The minimum atomic E-state index is 0.631. The Bertz CT molecular complexity index is 353. The Kier molecular flexibility index (Phi) is 1.59. The van der Waals surface area contributed by atoms with Crippen molar-refractivity contribution in [3.8, 4) is 5.75 Å². The number of rotatable bonds is 0. The van der Waals surface area contributed by atoms with E-state index in [0.29, 0.717) is 5.70 Å². The van der Waals surface area contributed by atoms with Gasteiger partial charge in [-0.1, -0.05) is 18.2 Å². The number of allylic oxidation sites excluding steroid dienone is 1. The molecule has 0 aliphatic carbocycles. The van der Waals surface area contributed by atoms with Crippen LogP contribution in [0.25, 0.3) is 6.08 Å². The summed E-state index contributed by atoms with van der Waals surface area (Å²) in [7, 11) is 0. The Hall–Kier alpha value is -1.70. The fourth-order valence-electron chi connectivity index (χ4n) is 1.08. The first-order valence-corrected chi connectivity index (χ1v) is 3.76. The Morgan fingerprint density at radius 3 is 2.83 bits per heavy atom. The number of benzene rings is 1. The molecule has 1 aliphatic rings. The normalized spacial score (nSPS) is 14.2. The van der Waals surface area contributed by atoms with Crippen LogP contribution >= 0.6 is 0 Å². The molecule has 0 unspecified atom stereocenters. The fourth-order valence-corrected chi connectivity index (χ4v) is 1.08. The topological polar surface area (TPSA) is 35.2 Å². The third-order valence-electron chi connectivity index (χ3n) is 1.70. The smallest absolute Gasteiger partial charge is 0.133 e. The van der Waals surface area contributed by atoms with E-state index in [9.17, 15) is 0 Å². The van der Waals surface area contributed by atoms with Gasteiger partial charge < -0.3 is 10.5 Å². The van der Waals surface area contributed by atoms with E-state index in [2.05, 4.69) is 0 Å². The van der Waals surface area contributed by atoms with E-state index >= 15 is 0 Å². The van der Waals surface area contributed by atoms with Gasteiger partial charge >= 0.3 is 0 Å². The van der Waals surface area contributed by atoms with Gasteiger partial charge in [0.05, 0.1) is 5.70 Å². The summed E-state index contributed by atoms with van der Waals surface area (Å²) in [5.41, 5.74) is 7.24. The molecule has 2 N–H and O–H groups in total. The van der Waals surface area contributed by atoms with Crippen molar-refractivity contribution in [3.05, 3.63) is 47.9 Å². The SMILES string of the molecule is NC1=COc2ccccc2C=C1. The number of fused-ring (bicyclic) bond motifs is 1. The van der Waals surface area contributed by atoms with Crippen LogP contribution in [0.4, 0.5) is 0 Å². The molecule has 1 heterocycles. The zero-order valence-electron chi connectivity index (χ0n) is 6.53. The molecule has 2 rings (SSSR count). The summed E-state index contributed by atoms with van der Waals surface area (Å²) in [5, 5.41) is 0. The molecular formula is C10H9NO. The van der Waals surface area contributed by atoms with E-state index < -0.39 is 0 Å². The lowest BCUT2D eigenvalue weighted by molar-refractivity contribution is 0.477. The second kappa shape index (κ2) is 2.74. The number of hydrogen-bond donors (Lipinski definition) is 1. The first kappa shape index (κ1) is 6.98. The lowest BCUT2D eigenvalue weighted by Gasteiger charge is -2.01. The molecule has 0 radical (unpaired) electrons. The van der Waals surface area contributed by atoms with Crippen molar-refractivity contribution >= 4 is 6.08 Å². The molecule has 0 atom stereocenters. The average Bonchev–Trinajstić information content (AvgIpc) is 2.29. The van der Waals surface area contributed by atoms with Crippen LogP contribution in [-0.2, 0) is 0 Å². The van der Waals surface area contributed by atoms with E-state index in [-0.39, 0.29) is 0 Å². The summed E-state index contributed by atoms with van der Waals surface area (Å²) in [4.78, 5) is 0. The van der Waals surface area contributed by atoms with E-state index in [1.165, 1.54) is 0 Å². The van der Waals surface area contributed by atoms with Crippen molar-refractivity contribution < 1.29 is 4.74 Å². The molecule has 1 aromatic rings. The van der Waals surface area contributed by atoms with Crippen LogP contribution in [0.3, 0.4) is 0 Å². The van der Waals surface area contributed by atoms with Gasteiger partial charge in [-0.15, -0.1) is 0 Å². The van der Waals surface area contributed by atoms with Crippen LogP contribution < -0.4 is 10.5 Å². The van der Waals surface area contributed by atoms with Crippen LogP contribution in [0.15, 0.2) is 42.3 Å². The first-order chi connectivity index (χ1) is 5.86. The zero-order valence-corrected chi connectivity index (χ0v) is 6.53. The highest BCUT2D eigenvalue weighted by Gasteiger charge is 2.00. The summed E-state index contributed by atoms with van der Waals surface area (Å²) >= 11 is 0. The van der Waals surface area contributed by atoms with Crippen molar-refractivity contribution in [1.29, 1.82) is 0 Å². The molecule has 0 amide bonds. The molecule has 2 heteroatoms. The van der Waals surface area contributed by atoms with Gasteiger partial charge in [0.1, 0.15) is 12.0 Å². The molecule has 0 saturated heterocycles. The lowest BCUT2D eigenvalue weighted by Crippen LogP contribution is -1.93. The van der Waals surface area contributed by atoms with Gasteiger partial charge in [-0.05, 0) is 18.2 Å². The third-order valence-corrected chi connectivity index (χ3v) is 1.70. The predicted molar refractivity (Wildman–Crippen MR) is 48.4 cm³/mol. The number of hydrogen-bond acceptors (Lipinski definition) is 2. The summed E-state index contributed by atoms with van der Waals surface area (Å²) in [5.74, 6) is 0.842. The van der Waals surface area contributed by atoms with Crippen molar-refractivity contribution in [2.24, 2.45) is 5.73 Å².